The lowest BCUT2D eigenvalue weighted by Crippen LogP contribution is -2.27. The summed E-state index contributed by atoms with van der Waals surface area (Å²) in [6.07, 6.45) is 2.39. The van der Waals surface area contributed by atoms with E-state index < -0.39 is 17.7 Å². The Bertz CT molecular complexity index is 622. The van der Waals surface area contributed by atoms with Crippen molar-refractivity contribution in [2.75, 3.05) is 0 Å². The van der Waals surface area contributed by atoms with Crippen LogP contribution in [0.25, 0.3) is 0 Å². The summed E-state index contributed by atoms with van der Waals surface area (Å²) >= 11 is 0. The summed E-state index contributed by atoms with van der Waals surface area (Å²) in [6.45, 7) is 3.60. The molecule has 0 saturated heterocycles. The van der Waals surface area contributed by atoms with E-state index in [1.807, 2.05) is 6.92 Å². The van der Waals surface area contributed by atoms with Crippen LogP contribution in [0.4, 0.5) is 8.78 Å². The van der Waals surface area contributed by atoms with E-state index in [1.54, 1.807) is 19.2 Å². The van der Waals surface area contributed by atoms with Gasteiger partial charge < -0.3 is 10.3 Å². The number of aromatic amines is 1. The highest BCUT2D eigenvalue weighted by atomic mass is 19.1. The number of H-pyrrole nitrogens is 1. The lowest BCUT2D eigenvalue weighted by Gasteiger charge is -2.15. The predicted molar refractivity (Wildman–Crippen MR) is 72.4 cm³/mol. The highest BCUT2D eigenvalue weighted by Gasteiger charge is 2.17. The van der Waals surface area contributed by atoms with Crippen molar-refractivity contribution in [1.29, 1.82) is 0 Å². The highest BCUT2D eigenvalue weighted by Crippen LogP contribution is 2.18. The van der Waals surface area contributed by atoms with Crippen LogP contribution in [-0.4, -0.2) is 10.9 Å². The molecule has 2 aromatic rings. The largest absolute Gasteiger partial charge is 0.364 e. The first kappa shape index (κ1) is 14.2. The quantitative estimate of drug-likeness (QED) is 0.885. The standard InChI is InChI=1S/C15H16F2N2O/c1-3-14-12(6-7-18-14)15(20)19-9(2)11-5-4-10(16)8-13(11)17/h4-9,18H,3H2,1-2H3,(H,19,20)/t9-/m0/s1. The molecule has 0 fully saturated rings. The number of benzene rings is 1. The molecule has 5 heteroatoms. The molecule has 1 amide bonds. The van der Waals surface area contributed by atoms with Gasteiger partial charge in [-0.25, -0.2) is 8.78 Å². The summed E-state index contributed by atoms with van der Waals surface area (Å²) in [7, 11) is 0. The molecule has 0 saturated carbocycles. The van der Waals surface area contributed by atoms with Gasteiger partial charge in [0.15, 0.2) is 0 Å². The van der Waals surface area contributed by atoms with Crippen LogP contribution >= 0.6 is 0 Å². The fraction of sp³-hybridized carbons (Fsp3) is 0.267. The molecule has 1 atom stereocenters. The van der Waals surface area contributed by atoms with Gasteiger partial charge in [-0.3, -0.25) is 4.79 Å². The lowest BCUT2D eigenvalue weighted by molar-refractivity contribution is 0.0938. The van der Waals surface area contributed by atoms with Crippen molar-refractivity contribution in [3.8, 4) is 0 Å². The van der Waals surface area contributed by atoms with Crippen LogP contribution in [0.15, 0.2) is 30.5 Å². The van der Waals surface area contributed by atoms with Crippen molar-refractivity contribution in [2.24, 2.45) is 0 Å². The van der Waals surface area contributed by atoms with E-state index in [0.717, 1.165) is 11.8 Å². The first-order valence-electron chi connectivity index (χ1n) is 6.45. The third-order valence-corrected chi connectivity index (χ3v) is 3.21. The van der Waals surface area contributed by atoms with E-state index in [-0.39, 0.29) is 11.5 Å². The van der Waals surface area contributed by atoms with Crippen molar-refractivity contribution < 1.29 is 13.6 Å². The normalized spacial score (nSPS) is 12.2. The number of carbonyl (C=O) groups excluding carboxylic acids is 1. The summed E-state index contributed by atoms with van der Waals surface area (Å²) in [4.78, 5) is 15.1. The van der Waals surface area contributed by atoms with Crippen molar-refractivity contribution in [3.05, 3.63) is 58.9 Å². The highest BCUT2D eigenvalue weighted by molar-refractivity contribution is 5.95. The summed E-state index contributed by atoms with van der Waals surface area (Å²) in [5.41, 5.74) is 1.63. The minimum Gasteiger partial charge on any atom is -0.364 e. The number of rotatable bonds is 4. The molecule has 1 aromatic carbocycles. The van der Waals surface area contributed by atoms with Crippen molar-refractivity contribution in [1.82, 2.24) is 10.3 Å². The van der Waals surface area contributed by atoms with Gasteiger partial charge in [0.2, 0.25) is 0 Å². The van der Waals surface area contributed by atoms with E-state index in [1.165, 1.54) is 12.1 Å². The van der Waals surface area contributed by atoms with Crippen LogP contribution in [0, 0.1) is 11.6 Å². The maximum absolute atomic E-state index is 13.6. The molecule has 1 aromatic heterocycles. The molecule has 3 nitrogen and oxygen atoms in total. The fourth-order valence-corrected chi connectivity index (χ4v) is 2.11. The summed E-state index contributed by atoms with van der Waals surface area (Å²) in [5.74, 6) is -1.58. The average Bonchev–Trinajstić information content (AvgIpc) is 2.86. The van der Waals surface area contributed by atoms with Gasteiger partial charge in [-0.1, -0.05) is 13.0 Å². The minimum atomic E-state index is -0.664. The smallest absolute Gasteiger partial charge is 0.253 e. The number of halogens is 2. The molecule has 106 valence electrons. The number of carbonyl (C=O) groups is 1. The van der Waals surface area contributed by atoms with Crippen molar-refractivity contribution in [2.45, 2.75) is 26.3 Å². The van der Waals surface area contributed by atoms with Gasteiger partial charge in [0.1, 0.15) is 11.6 Å². The van der Waals surface area contributed by atoms with E-state index in [9.17, 15) is 13.6 Å². The second-order valence-electron chi connectivity index (χ2n) is 4.58. The fourth-order valence-electron chi connectivity index (χ4n) is 2.11. The van der Waals surface area contributed by atoms with Gasteiger partial charge in [0.25, 0.3) is 5.91 Å². The molecule has 20 heavy (non-hydrogen) atoms. The molecule has 0 bridgehead atoms. The van der Waals surface area contributed by atoms with Crippen LogP contribution in [-0.2, 0) is 6.42 Å². The zero-order valence-electron chi connectivity index (χ0n) is 11.3. The minimum absolute atomic E-state index is 0.258. The Morgan fingerprint density at radius 2 is 2.10 bits per heavy atom. The third kappa shape index (κ3) is 2.87. The maximum Gasteiger partial charge on any atom is 0.253 e. The third-order valence-electron chi connectivity index (χ3n) is 3.21. The molecule has 1 heterocycles. The number of nitrogens with one attached hydrogen (secondary N) is 2. The van der Waals surface area contributed by atoms with Crippen molar-refractivity contribution in [3.63, 3.8) is 0 Å². The Hall–Kier alpha value is -2.17. The summed E-state index contributed by atoms with van der Waals surface area (Å²) < 4.78 is 26.5. The first-order chi connectivity index (χ1) is 9.52. The SMILES string of the molecule is CCc1[nH]ccc1C(=O)N[C@@H](C)c1ccc(F)cc1F. The maximum atomic E-state index is 13.6. The second kappa shape index (κ2) is 5.86. The summed E-state index contributed by atoms with van der Waals surface area (Å²) in [5, 5.41) is 2.71. The molecule has 0 unspecified atom stereocenters. The van der Waals surface area contributed by atoms with E-state index in [4.69, 9.17) is 0 Å². The molecule has 0 radical (unpaired) electrons. The number of hydrogen-bond acceptors (Lipinski definition) is 1. The molecule has 0 aliphatic carbocycles. The molecule has 0 spiro atoms. The zero-order chi connectivity index (χ0) is 14.7. The van der Waals surface area contributed by atoms with Crippen LogP contribution in [0.2, 0.25) is 0 Å². The Morgan fingerprint density at radius 3 is 2.75 bits per heavy atom. The average molecular weight is 278 g/mol. The van der Waals surface area contributed by atoms with E-state index >= 15 is 0 Å². The molecule has 2 N–H and O–H groups in total. The van der Waals surface area contributed by atoms with Gasteiger partial charge >= 0.3 is 0 Å². The van der Waals surface area contributed by atoms with Gasteiger partial charge in [0, 0.05) is 23.5 Å². The van der Waals surface area contributed by atoms with E-state index in [0.29, 0.717) is 12.0 Å². The number of aromatic nitrogens is 1. The number of hydrogen-bond donors (Lipinski definition) is 2. The van der Waals surface area contributed by atoms with Crippen molar-refractivity contribution >= 4 is 5.91 Å². The first-order valence-corrected chi connectivity index (χ1v) is 6.45. The van der Waals surface area contributed by atoms with Crippen LogP contribution in [0.3, 0.4) is 0 Å². The van der Waals surface area contributed by atoms with Gasteiger partial charge in [0.05, 0.1) is 11.6 Å². The zero-order valence-corrected chi connectivity index (χ0v) is 11.3. The Morgan fingerprint density at radius 1 is 1.35 bits per heavy atom. The monoisotopic (exact) mass is 278 g/mol. The topological polar surface area (TPSA) is 44.9 Å². The van der Waals surface area contributed by atoms with E-state index in [2.05, 4.69) is 10.3 Å². The molecule has 2 rings (SSSR count). The van der Waals surface area contributed by atoms with Crippen LogP contribution in [0.1, 0.15) is 41.5 Å². The Balaban J connectivity index is 2.15. The second-order valence-corrected chi connectivity index (χ2v) is 4.58. The van der Waals surface area contributed by atoms with Crippen LogP contribution < -0.4 is 5.32 Å². The molecule has 0 aliphatic heterocycles. The molecular weight excluding hydrogens is 262 g/mol. The lowest BCUT2D eigenvalue weighted by atomic mass is 10.1. The molecular formula is C15H16F2N2O. The van der Waals surface area contributed by atoms with Crippen LogP contribution in [0.5, 0.6) is 0 Å². The number of aryl methyl sites for hydroxylation is 1. The van der Waals surface area contributed by atoms with Gasteiger partial charge in [-0.15, -0.1) is 0 Å². The Labute approximate surface area is 116 Å². The Kier molecular flexibility index (Phi) is 4.17. The van der Waals surface area contributed by atoms with Gasteiger partial charge in [-0.05, 0) is 25.5 Å². The number of amides is 1. The van der Waals surface area contributed by atoms with Gasteiger partial charge in [-0.2, -0.15) is 0 Å². The predicted octanol–water partition coefficient (Wildman–Crippen LogP) is 3.35. The summed E-state index contributed by atoms with van der Waals surface area (Å²) in [6, 6.07) is 4.47. The molecule has 0 aliphatic rings.